The van der Waals surface area contributed by atoms with Crippen molar-refractivity contribution in [3.05, 3.63) is 24.3 Å². The average Bonchev–Trinajstić information content (AvgIpc) is 2.38. The first-order valence-corrected chi connectivity index (χ1v) is 6.62. The number of rotatable bonds is 7. The van der Waals surface area contributed by atoms with Gasteiger partial charge in [-0.3, -0.25) is 4.79 Å². The van der Waals surface area contributed by atoms with E-state index >= 15 is 0 Å². The van der Waals surface area contributed by atoms with Crippen molar-refractivity contribution in [2.24, 2.45) is 5.92 Å². The van der Waals surface area contributed by atoms with Gasteiger partial charge in [-0.1, -0.05) is 26.0 Å². The zero-order valence-corrected chi connectivity index (χ0v) is 12.1. The SMILES string of the molecule is COc1ccccc1O[C@H](C)C(=O)NCCC(C)C. The summed E-state index contributed by atoms with van der Waals surface area (Å²) in [5.74, 6) is 1.68. The minimum atomic E-state index is -0.538. The van der Waals surface area contributed by atoms with Crippen LogP contribution >= 0.6 is 0 Å². The van der Waals surface area contributed by atoms with Crippen LogP contribution in [0.5, 0.6) is 11.5 Å². The zero-order chi connectivity index (χ0) is 14.3. The van der Waals surface area contributed by atoms with E-state index in [2.05, 4.69) is 19.2 Å². The molecule has 0 aliphatic rings. The lowest BCUT2D eigenvalue weighted by Gasteiger charge is -2.16. The van der Waals surface area contributed by atoms with Crippen molar-refractivity contribution in [1.29, 1.82) is 0 Å². The van der Waals surface area contributed by atoms with Gasteiger partial charge in [0.1, 0.15) is 0 Å². The molecule has 1 aromatic rings. The smallest absolute Gasteiger partial charge is 0.260 e. The van der Waals surface area contributed by atoms with E-state index in [4.69, 9.17) is 9.47 Å². The van der Waals surface area contributed by atoms with E-state index in [-0.39, 0.29) is 5.91 Å². The van der Waals surface area contributed by atoms with E-state index in [1.54, 1.807) is 26.2 Å². The molecule has 1 atom stereocenters. The van der Waals surface area contributed by atoms with E-state index in [1.807, 2.05) is 12.1 Å². The normalized spacial score (nSPS) is 12.1. The number of ether oxygens (including phenoxy) is 2. The van der Waals surface area contributed by atoms with Crippen molar-refractivity contribution in [2.45, 2.75) is 33.3 Å². The fourth-order valence-corrected chi connectivity index (χ4v) is 1.59. The molecule has 0 aliphatic heterocycles. The first-order chi connectivity index (χ1) is 9.04. The van der Waals surface area contributed by atoms with E-state index in [1.165, 1.54) is 0 Å². The maximum absolute atomic E-state index is 11.9. The molecular weight excluding hydrogens is 242 g/mol. The largest absolute Gasteiger partial charge is 0.493 e. The van der Waals surface area contributed by atoms with Crippen LogP contribution < -0.4 is 14.8 Å². The van der Waals surface area contributed by atoms with Gasteiger partial charge in [0.15, 0.2) is 17.6 Å². The highest BCUT2D eigenvalue weighted by molar-refractivity contribution is 5.80. The topological polar surface area (TPSA) is 47.6 Å². The maximum Gasteiger partial charge on any atom is 0.260 e. The van der Waals surface area contributed by atoms with Crippen LogP contribution in [-0.2, 0) is 4.79 Å². The third kappa shape index (κ3) is 5.20. The Bertz CT molecular complexity index is 404. The van der Waals surface area contributed by atoms with Gasteiger partial charge in [0, 0.05) is 6.54 Å². The zero-order valence-electron chi connectivity index (χ0n) is 12.1. The lowest BCUT2D eigenvalue weighted by Crippen LogP contribution is -2.37. The van der Waals surface area contributed by atoms with Crippen molar-refractivity contribution in [3.63, 3.8) is 0 Å². The Morgan fingerprint density at radius 2 is 1.84 bits per heavy atom. The number of amides is 1. The number of para-hydroxylation sites is 2. The molecule has 106 valence electrons. The predicted molar refractivity (Wildman–Crippen MR) is 75.5 cm³/mol. The monoisotopic (exact) mass is 265 g/mol. The van der Waals surface area contributed by atoms with Crippen LogP contribution in [0.15, 0.2) is 24.3 Å². The van der Waals surface area contributed by atoms with Gasteiger partial charge in [-0.25, -0.2) is 0 Å². The third-order valence-corrected chi connectivity index (χ3v) is 2.76. The quantitative estimate of drug-likeness (QED) is 0.824. The molecule has 1 aromatic carbocycles. The molecule has 4 heteroatoms. The van der Waals surface area contributed by atoms with Crippen molar-refractivity contribution in [1.82, 2.24) is 5.32 Å². The lowest BCUT2D eigenvalue weighted by atomic mass is 10.1. The summed E-state index contributed by atoms with van der Waals surface area (Å²) < 4.78 is 10.8. The van der Waals surface area contributed by atoms with Gasteiger partial charge in [-0.15, -0.1) is 0 Å². The summed E-state index contributed by atoms with van der Waals surface area (Å²) in [4.78, 5) is 11.9. The predicted octanol–water partition coefficient (Wildman–Crippen LogP) is 2.62. The number of nitrogens with one attached hydrogen (secondary N) is 1. The van der Waals surface area contributed by atoms with Crippen LogP contribution in [-0.4, -0.2) is 25.7 Å². The molecule has 1 N–H and O–H groups in total. The molecule has 0 unspecified atom stereocenters. The Hall–Kier alpha value is -1.71. The molecule has 19 heavy (non-hydrogen) atoms. The molecular formula is C15H23NO3. The van der Waals surface area contributed by atoms with E-state index in [0.717, 1.165) is 6.42 Å². The van der Waals surface area contributed by atoms with Crippen molar-refractivity contribution in [2.75, 3.05) is 13.7 Å². The van der Waals surface area contributed by atoms with Crippen LogP contribution in [0.25, 0.3) is 0 Å². The molecule has 0 saturated carbocycles. The van der Waals surface area contributed by atoms with Gasteiger partial charge >= 0.3 is 0 Å². The van der Waals surface area contributed by atoms with Crippen molar-refractivity contribution < 1.29 is 14.3 Å². The Kier molecular flexibility index (Phi) is 6.19. The van der Waals surface area contributed by atoms with Gasteiger partial charge in [0.05, 0.1) is 7.11 Å². The number of benzene rings is 1. The summed E-state index contributed by atoms with van der Waals surface area (Å²) >= 11 is 0. The van der Waals surface area contributed by atoms with Crippen molar-refractivity contribution in [3.8, 4) is 11.5 Å². The number of carbonyl (C=O) groups excluding carboxylic acids is 1. The molecule has 4 nitrogen and oxygen atoms in total. The molecule has 0 aromatic heterocycles. The second-order valence-electron chi connectivity index (χ2n) is 4.88. The maximum atomic E-state index is 11.9. The summed E-state index contributed by atoms with van der Waals surface area (Å²) in [7, 11) is 1.58. The fourth-order valence-electron chi connectivity index (χ4n) is 1.59. The van der Waals surface area contributed by atoms with E-state index in [9.17, 15) is 4.79 Å². The number of hydrogen-bond donors (Lipinski definition) is 1. The number of carbonyl (C=O) groups is 1. The van der Waals surface area contributed by atoms with Crippen molar-refractivity contribution >= 4 is 5.91 Å². The molecule has 1 rings (SSSR count). The Balaban J connectivity index is 2.49. The molecule has 0 aliphatic carbocycles. The molecule has 0 fully saturated rings. The van der Waals surface area contributed by atoms with Crippen LogP contribution in [0.3, 0.4) is 0 Å². The molecule has 0 saturated heterocycles. The Morgan fingerprint density at radius 3 is 2.42 bits per heavy atom. The summed E-state index contributed by atoms with van der Waals surface area (Å²) in [5.41, 5.74) is 0. The van der Waals surface area contributed by atoms with Gasteiger partial charge in [0.25, 0.3) is 5.91 Å². The van der Waals surface area contributed by atoms with E-state index in [0.29, 0.717) is 24.0 Å². The van der Waals surface area contributed by atoms with Crippen LogP contribution in [0, 0.1) is 5.92 Å². The summed E-state index contributed by atoms with van der Waals surface area (Å²) in [6, 6.07) is 7.30. The lowest BCUT2D eigenvalue weighted by molar-refractivity contribution is -0.127. The standard InChI is InChI=1S/C15H23NO3/c1-11(2)9-10-16-15(17)12(3)19-14-8-6-5-7-13(14)18-4/h5-8,11-12H,9-10H2,1-4H3,(H,16,17)/t12-/m1/s1. The second-order valence-corrected chi connectivity index (χ2v) is 4.88. The highest BCUT2D eigenvalue weighted by atomic mass is 16.5. The first-order valence-electron chi connectivity index (χ1n) is 6.62. The van der Waals surface area contributed by atoms with Gasteiger partial charge in [-0.05, 0) is 31.4 Å². The Labute approximate surface area is 115 Å². The highest BCUT2D eigenvalue weighted by Gasteiger charge is 2.16. The first kappa shape index (κ1) is 15.3. The fraction of sp³-hybridized carbons (Fsp3) is 0.533. The molecule has 0 radical (unpaired) electrons. The van der Waals surface area contributed by atoms with Gasteiger partial charge < -0.3 is 14.8 Å². The molecule has 1 amide bonds. The van der Waals surface area contributed by atoms with Gasteiger partial charge in [-0.2, -0.15) is 0 Å². The molecule has 0 heterocycles. The molecule has 0 spiro atoms. The summed E-state index contributed by atoms with van der Waals surface area (Å²) in [5, 5.41) is 2.87. The average molecular weight is 265 g/mol. The minimum absolute atomic E-state index is 0.105. The minimum Gasteiger partial charge on any atom is -0.493 e. The third-order valence-electron chi connectivity index (χ3n) is 2.76. The summed E-state index contributed by atoms with van der Waals surface area (Å²) in [6.45, 7) is 6.66. The van der Waals surface area contributed by atoms with Gasteiger partial charge in [0.2, 0.25) is 0 Å². The van der Waals surface area contributed by atoms with Crippen LogP contribution in [0.1, 0.15) is 27.2 Å². The van der Waals surface area contributed by atoms with E-state index < -0.39 is 6.10 Å². The van der Waals surface area contributed by atoms with Crippen LogP contribution in [0.4, 0.5) is 0 Å². The van der Waals surface area contributed by atoms with Crippen LogP contribution in [0.2, 0.25) is 0 Å². The second kappa shape index (κ2) is 7.67. The Morgan fingerprint density at radius 1 is 1.21 bits per heavy atom. The highest BCUT2D eigenvalue weighted by Crippen LogP contribution is 2.26. The summed E-state index contributed by atoms with van der Waals surface area (Å²) in [6.07, 6.45) is 0.427. The number of hydrogen-bond acceptors (Lipinski definition) is 3. The number of methoxy groups -OCH3 is 1. The molecule has 0 bridgehead atoms.